The number of halogens is 1. The van der Waals surface area contributed by atoms with Crippen LogP contribution in [0.5, 0.6) is 0 Å². The van der Waals surface area contributed by atoms with Crippen molar-refractivity contribution in [2.75, 3.05) is 5.73 Å². The molecular weight excluding hydrogens is 230 g/mol. The van der Waals surface area contributed by atoms with Gasteiger partial charge in [-0.1, -0.05) is 29.8 Å². The maximum absolute atomic E-state index is 11.0. The minimum Gasteiger partial charge on any atom is -0.476 e. The summed E-state index contributed by atoms with van der Waals surface area (Å²) in [5.74, 6) is -1.17. The van der Waals surface area contributed by atoms with Crippen LogP contribution in [0.4, 0.5) is 5.82 Å². The van der Waals surface area contributed by atoms with Gasteiger partial charge in [-0.2, -0.15) is 0 Å². The first-order chi connectivity index (χ1) is 7.61. The van der Waals surface area contributed by atoms with E-state index < -0.39 is 5.97 Å². The van der Waals surface area contributed by atoms with Gasteiger partial charge in [0.05, 0.1) is 5.69 Å². The van der Waals surface area contributed by atoms with Crippen molar-refractivity contribution in [3.63, 3.8) is 0 Å². The average Bonchev–Trinajstić information content (AvgIpc) is 2.57. The van der Waals surface area contributed by atoms with Crippen molar-refractivity contribution in [1.82, 2.24) is 9.78 Å². The Morgan fingerprint density at radius 2 is 2.00 bits per heavy atom. The van der Waals surface area contributed by atoms with Gasteiger partial charge in [0, 0.05) is 0 Å². The smallest absolute Gasteiger partial charge is 0.356 e. The Hall–Kier alpha value is -2.01. The van der Waals surface area contributed by atoms with E-state index in [1.165, 1.54) is 4.68 Å². The number of benzene rings is 1. The van der Waals surface area contributed by atoms with Gasteiger partial charge in [0.1, 0.15) is 5.02 Å². The zero-order valence-corrected chi connectivity index (χ0v) is 8.85. The normalized spacial score (nSPS) is 10.3. The molecule has 6 heteroatoms. The number of aromatic carboxylic acids is 1. The molecule has 0 amide bonds. The summed E-state index contributed by atoms with van der Waals surface area (Å²) in [5, 5.41) is 12.9. The topological polar surface area (TPSA) is 81.1 Å². The van der Waals surface area contributed by atoms with Crippen molar-refractivity contribution >= 4 is 23.4 Å². The van der Waals surface area contributed by atoms with E-state index >= 15 is 0 Å². The largest absolute Gasteiger partial charge is 0.476 e. The molecule has 0 aliphatic rings. The summed E-state index contributed by atoms with van der Waals surface area (Å²) in [6.45, 7) is 0. The van der Waals surface area contributed by atoms with Gasteiger partial charge < -0.3 is 10.8 Å². The summed E-state index contributed by atoms with van der Waals surface area (Å²) < 4.78 is 1.21. The Morgan fingerprint density at radius 1 is 1.38 bits per heavy atom. The second kappa shape index (κ2) is 3.86. The number of carbonyl (C=O) groups is 1. The molecule has 0 radical (unpaired) electrons. The molecule has 3 N–H and O–H groups in total. The van der Waals surface area contributed by atoms with Crippen LogP contribution in [0.2, 0.25) is 5.02 Å². The first kappa shape index (κ1) is 10.5. The fraction of sp³-hybridized carbons (Fsp3) is 0. The molecular formula is C10H8ClN3O2. The third-order valence-corrected chi connectivity index (χ3v) is 2.43. The maximum atomic E-state index is 11.0. The quantitative estimate of drug-likeness (QED) is 0.835. The lowest BCUT2D eigenvalue weighted by Crippen LogP contribution is -2.08. The second-order valence-corrected chi connectivity index (χ2v) is 3.48. The molecule has 5 nitrogen and oxygen atoms in total. The zero-order chi connectivity index (χ0) is 11.7. The summed E-state index contributed by atoms with van der Waals surface area (Å²) >= 11 is 5.77. The monoisotopic (exact) mass is 237 g/mol. The fourth-order valence-corrected chi connectivity index (χ4v) is 1.56. The van der Waals surface area contributed by atoms with Crippen LogP contribution in [0, 0.1) is 0 Å². The average molecular weight is 238 g/mol. The van der Waals surface area contributed by atoms with Gasteiger partial charge in [0.15, 0.2) is 11.5 Å². The van der Waals surface area contributed by atoms with Gasteiger partial charge in [-0.25, -0.2) is 9.48 Å². The van der Waals surface area contributed by atoms with Crippen molar-refractivity contribution in [1.29, 1.82) is 0 Å². The van der Waals surface area contributed by atoms with Gasteiger partial charge in [0.2, 0.25) is 0 Å². The molecule has 2 aromatic rings. The molecule has 0 unspecified atom stereocenters. The lowest BCUT2D eigenvalue weighted by Gasteiger charge is -2.03. The molecule has 0 saturated carbocycles. The third kappa shape index (κ3) is 1.61. The van der Waals surface area contributed by atoms with Crippen molar-refractivity contribution in [2.45, 2.75) is 0 Å². The van der Waals surface area contributed by atoms with Crippen LogP contribution in [0.25, 0.3) is 5.69 Å². The molecule has 0 atom stereocenters. The molecule has 0 aliphatic heterocycles. The Labute approximate surface area is 96.1 Å². The Kier molecular flexibility index (Phi) is 2.54. The van der Waals surface area contributed by atoms with E-state index in [1.54, 1.807) is 24.3 Å². The Bertz CT molecular complexity index is 536. The van der Waals surface area contributed by atoms with Gasteiger partial charge in [-0.15, -0.1) is 5.10 Å². The van der Waals surface area contributed by atoms with Crippen molar-refractivity contribution < 1.29 is 9.90 Å². The number of hydrogen-bond acceptors (Lipinski definition) is 3. The molecule has 0 bridgehead atoms. The first-order valence-corrected chi connectivity index (χ1v) is 4.81. The molecule has 0 saturated heterocycles. The fourth-order valence-electron chi connectivity index (χ4n) is 1.36. The van der Waals surface area contributed by atoms with Gasteiger partial charge in [-0.05, 0) is 12.1 Å². The molecule has 0 spiro atoms. The number of carboxylic acids is 1. The lowest BCUT2D eigenvalue weighted by atomic mass is 10.3. The predicted molar refractivity (Wildman–Crippen MR) is 59.9 cm³/mol. The summed E-state index contributed by atoms with van der Waals surface area (Å²) in [5.41, 5.74) is 5.95. The molecule has 0 fully saturated rings. The SMILES string of the molecule is Nc1nn(-c2ccccc2)c(C(=O)O)c1Cl. The molecule has 1 aromatic heterocycles. The summed E-state index contributed by atoms with van der Waals surface area (Å²) in [4.78, 5) is 11.0. The van der Waals surface area contributed by atoms with E-state index in [2.05, 4.69) is 5.10 Å². The van der Waals surface area contributed by atoms with Crippen molar-refractivity contribution in [2.24, 2.45) is 0 Å². The molecule has 0 aliphatic carbocycles. The van der Waals surface area contributed by atoms with Crippen LogP contribution >= 0.6 is 11.6 Å². The Morgan fingerprint density at radius 3 is 2.56 bits per heavy atom. The number of nitrogens with zero attached hydrogens (tertiary/aromatic N) is 2. The molecule has 16 heavy (non-hydrogen) atoms. The van der Waals surface area contributed by atoms with Gasteiger partial charge >= 0.3 is 5.97 Å². The van der Waals surface area contributed by atoms with E-state index in [9.17, 15) is 4.79 Å². The summed E-state index contributed by atoms with van der Waals surface area (Å²) in [7, 11) is 0. The van der Waals surface area contributed by atoms with E-state index in [0.29, 0.717) is 5.69 Å². The van der Waals surface area contributed by atoms with Crippen LogP contribution in [-0.2, 0) is 0 Å². The van der Waals surface area contributed by atoms with Crippen LogP contribution in [0.15, 0.2) is 30.3 Å². The number of carboxylic acid groups (broad SMARTS) is 1. The number of hydrogen-bond donors (Lipinski definition) is 2. The summed E-state index contributed by atoms with van der Waals surface area (Å²) in [6.07, 6.45) is 0. The van der Waals surface area contributed by atoms with Gasteiger partial charge in [0.25, 0.3) is 0 Å². The van der Waals surface area contributed by atoms with E-state index in [4.69, 9.17) is 22.4 Å². The van der Waals surface area contributed by atoms with E-state index in [1.807, 2.05) is 6.07 Å². The highest BCUT2D eigenvalue weighted by Gasteiger charge is 2.21. The minimum absolute atomic E-state index is 0.00270. The third-order valence-electron chi connectivity index (χ3n) is 2.06. The highest BCUT2D eigenvalue weighted by Crippen LogP contribution is 2.25. The summed E-state index contributed by atoms with van der Waals surface area (Å²) in [6, 6.07) is 8.79. The highest BCUT2D eigenvalue weighted by atomic mass is 35.5. The number of anilines is 1. The standard InChI is InChI=1S/C10H8ClN3O2/c11-7-8(10(15)16)14(13-9(7)12)6-4-2-1-3-5-6/h1-5H,(H2,12,13)(H,15,16). The van der Waals surface area contributed by atoms with E-state index in [0.717, 1.165) is 0 Å². The van der Waals surface area contributed by atoms with Gasteiger partial charge in [-0.3, -0.25) is 0 Å². The zero-order valence-electron chi connectivity index (χ0n) is 8.09. The van der Waals surface area contributed by atoms with Crippen LogP contribution < -0.4 is 5.73 Å². The second-order valence-electron chi connectivity index (χ2n) is 3.10. The molecule has 1 aromatic carbocycles. The number of nitrogen functional groups attached to an aromatic ring is 1. The number of nitrogens with two attached hydrogens (primary N) is 1. The highest BCUT2D eigenvalue weighted by molar-refractivity contribution is 6.35. The number of rotatable bonds is 2. The van der Waals surface area contributed by atoms with Crippen LogP contribution in [0.1, 0.15) is 10.5 Å². The maximum Gasteiger partial charge on any atom is 0.356 e. The minimum atomic E-state index is -1.17. The molecule has 2 rings (SSSR count). The lowest BCUT2D eigenvalue weighted by molar-refractivity contribution is 0.0687. The molecule has 82 valence electrons. The number of aromatic nitrogens is 2. The van der Waals surface area contributed by atoms with Crippen molar-refractivity contribution in [3.05, 3.63) is 41.0 Å². The van der Waals surface area contributed by atoms with Crippen molar-refractivity contribution in [3.8, 4) is 5.69 Å². The number of para-hydroxylation sites is 1. The van der Waals surface area contributed by atoms with Crippen LogP contribution in [0.3, 0.4) is 0 Å². The van der Waals surface area contributed by atoms with Crippen LogP contribution in [-0.4, -0.2) is 20.9 Å². The van der Waals surface area contributed by atoms with E-state index in [-0.39, 0.29) is 16.5 Å². The first-order valence-electron chi connectivity index (χ1n) is 4.44. The molecule has 1 heterocycles. The predicted octanol–water partition coefficient (Wildman–Crippen LogP) is 1.81. The Balaban J connectivity index is 2.66.